The summed E-state index contributed by atoms with van der Waals surface area (Å²) in [7, 11) is 0. The van der Waals surface area contributed by atoms with E-state index < -0.39 is 0 Å². The first-order chi connectivity index (χ1) is 15.7. The zero-order chi connectivity index (χ0) is 21.9. The van der Waals surface area contributed by atoms with E-state index in [-0.39, 0.29) is 5.97 Å². The van der Waals surface area contributed by atoms with E-state index in [1.807, 2.05) is 48.5 Å². The molecule has 0 aliphatic carbocycles. The number of anilines is 1. The minimum Gasteiger partial charge on any atom is -0.461 e. The van der Waals surface area contributed by atoms with Crippen molar-refractivity contribution in [2.75, 3.05) is 24.6 Å². The van der Waals surface area contributed by atoms with E-state index in [9.17, 15) is 4.79 Å². The maximum absolute atomic E-state index is 12.0. The van der Waals surface area contributed by atoms with Gasteiger partial charge in [-0.15, -0.1) is 10.2 Å². The molecule has 1 aliphatic rings. The molecule has 8 heteroatoms. The van der Waals surface area contributed by atoms with E-state index >= 15 is 0 Å². The van der Waals surface area contributed by atoms with Crippen LogP contribution < -0.4 is 4.90 Å². The lowest BCUT2D eigenvalue weighted by Crippen LogP contribution is -2.17. The van der Waals surface area contributed by atoms with Gasteiger partial charge < -0.3 is 14.6 Å². The molecule has 1 saturated heterocycles. The number of carbonyl (C=O) groups excluding carboxylic acids is 1. The third-order valence-electron chi connectivity index (χ3n) is 5.38. The molecule has 0 spiro atoms. The molecular formula is C24H23N5O2S. The fraction of sp³-hybridized carbons (Fsp3) is 0.250. The van der Waals surface area contributed by atoms with Crippen molar-refractivity contribution in [3.8, 4) is 11.3 Å². The lowest BCUT2D eigenvalue weighted by Gasteiger charge is -2.11. The summed E-state index contributed by atoms with van der Waals surface area (Å²) < 4.78 is 5.07. The molecule has 2 aromatic heterocycles. The molecule has 2 aromatic carbocycles. The van der Waals surface area contributed by atoms with E-state index in [4.69, 9.17) is 9.72 Å². The van der Waals surface area contributed by atoms with E-state index in [0.717, 1.165) is 45.4 Å². The quantitative estimate of drug-likeness (QED) is 0.272. The molecule has 32 heavy (non-hydrogen) atoms. The van der Waals surface area contributed by atoms with Crippen molar-refractivity contribution >= 4 is 44.0 Å². The Morgan fingerprint density at radius 1 is 1.12 bits per heavy atom. The van der Waals surface area contributed by atoms with Gasteiger partial charge in [-0.05, 0) is 44.0 Å². The number of nitrogens with one attached hydrogen (secondary N) is 1. The van der Waals surface area contributed by atoms with Crippen LogP contribution in [0.2, 0.25) is 0 Å². The van der Waals surface area contributed by atoms with Gasteiger partial charge in [0.15, 0.2) is 10.1 Å². The largest absolute Gasteiger partial charge is 0.461 e. The fourth-order valence-corrected chi connectivity index (χ4v) is 4.76. The van der Waals surface area contributed by atoms with Crippen molar-refractivity contribution in [1.82, 2.24) is 9.97 Å². The maximum Gasteiger partial charge on any atom is 0.354 e. The Bertz CT molecular complexity index is 1270. The maximum atomic E-state index is 12.0. The van der Waals surface area contributed by atoms with Gasteiger partial charge in [0.2, 0.25) is 0 Å². The summed E-state index contributed by atoms with van der Waals surface area (Å²) in [5.41, 5.74) is 3.88. The Hall–Kier alpha value is -3.52. The Morgan fingerprint density at radius 3 is 2.72 bits per heavy atom. The molecule has 3 heterocycles. The molecule has 1 N–H and O–H groups in total. The Morgan fingerprint density at radius 2 is 1.94 bits per heavy atom. The number of carbonyl (C=O) groups is 1. The molecule has 0 radical (unpaired) electrons. The summed E-state index contributed by atoms with van der Waals surface area (Å²) in [6, 6.07) is 17.6. The topological polar surface area (TPSA) is 82.9 Å². The van der Waals surface area contributed by atoms with Crippen molar-refractivity contribution < 1.29 is 9.53 Å². The summed E-state index contributed by atoms with van der Waals surface area (Å²) in [5, 5.41) is 11.7. The van der Waals surface area contributed by atoms with Crippen molar-refractivity contribution in [3.63, 3.8) is 0 Å². The number of esters is 1. The van der Waals surface area contributed by atoms with Gasteiger partial charge in [0.25, 0.3) is 0 Å². The second kappa shape index (κ2) is 8.92. The number of nitrogens with zero attached hydrogens (tertiary/aromatic N) is 4. The minimum absolute atomic E-state index is 0.339. The van der Waals surface area contributed by atoms with Crippen LogP contribution >= 0.6 is 11.3 Å². The molecule has 0 unspecified atom stereocenters. The Kier molecular flexibility index (Phi) is 5.68. The van der Waals surface area contributed by atoms with Gasteiger partial charge in [-0.1, -0.05) is 41.7 Å². The summed E-state index contributed by atoms with van der Waals surface area (Å²) in [6.45, 7) is 4.19. The highest BCUT2D eigenvalue weighted by Crippen LogP contribution is 2.41. The van der Waals surface area contributed by atoms with Crippen LogP contribution in [0.5, 0.6) is 0 Å². The summed E-state index contributed by atoms with van der Waals surface area (Å²) in [4.78, 5) is 22.3. The lowest BCUT2D eigenvalue weighted by atomic mass is 10.2. The van der Waals surface area contributed by atoms with Crippen LogP contribution in [0, 0.1) is 0 Å². The molecule has 0 bridgehead atoms. The number of fused-ring (bicyclic) bond motifs is 1. The van der Waals surface area contributed by atoms with E-state index in [1.54, 1.807) is 24.3 Å². The third-order valence-corrected chi connectivity index (χ3v) is 6.38. The Balaban J connectivity index is 1.46. The van der Waals surface area contributed by atoms with Gasteiger partial charge in [0.1, 0.15) is 11.4 Å². The summed E-state index contributed by atoms with van der Waals surface area (Å²) in [6.07, 6.45) is 2.39. The number of aromatic nitrogens is 2. The van der Waals surface area contributed by atoms with Crippen LogP contribution in [0.25, 0.3) is 22.2 Å². The molecular weight excluding hydrogens is 422 g/mol. The average molecular weight is 446 g/mol. The number of hydrogen-bond acceptors (Lipinski definition) is 7. The van der Waals surface area contributed by atoms with Crippen molar-refractivity contribution in [1.29, 1.82) is 0 Å². The highest BCUT2D eigenvalue weighted by atomic mass is 32.1. The van der Waals surface area contributed by atoms with Gasteiger partial charge in [0, 0.05) is 29.6 Å². The first-order valence-corrected chi connectivity index (χ1v) is 11.6. The number of ether oxygens (including phenoxy) is 1. The third kappa shape index (κ3) is 4.13. The monoisotopic (exact) mass is 445 g/mol. The van der Waals surface area contributed by atoms with E-state index in [2.05, 4.69) is 20.1 Å². The van der Waals surface area contributed by atoms with Crippen LogP contribution in [0.3, 0.4) is 0 Å². The number of azo groups is 1. The second-order valence-corrected chi connectivity index (χ2v) is 8.54. The molecule has 0 amide bonds. The highest BCUT2D eigenvalue weighted by molar-refractivity contribution is 7.19. The lowest BCUT2D eigenvalue weighted by molar-refractivity contribution is 0.0520. The number of H-pyrrole nitrogens is 1. The standard InChI is InChI=1S/C24H23N5O2S/c1-2-31-23(30)20-15-17-14-18(10-11-19(17)25-20)27-28-22-21(16-8-4-3-5-9-16)26-24(32-22)29-12-6-7-13-29/h3-5,8-11,14-15,25H,2,6-7,12-13H2,1H3/b28-27+. The van der Waals surface area contributed by atoms with Gasteiger partial charge in [-0.2, -0.15) is 0 Å². The van der Waals surface area contributed by atoms with Crippen molar-refractivity contribution in [2.45, 2.75) is 19.8 Å². The van der Waals surface area contributed by atoms with Crippen molar-refractivity contribution in [3.05, 3.63) is 60.3 Å². The molecule has 5 rings (SSSR count). The van der Waals surface area contributed by atoms with Gasteiger partial charge in [-0.25, -0.2) is 9.78 Å². The predicted molar refractivity (Wildman–Crippen MR) is 127 cm³/mol. The molecule has 4 aromatic rings. The van der Waals surface area contributed by atoms with Crippen LogP contribution in [-0.2, 0) is 4.74 Å². The first-order valence-electron chi connectivity index (χ1n) is 10.7. The van der Waals surface area contributed by atoms with Crippen LogP contribution in [-0.4, -0.2) is 35.6 Å². The second-order valence-electron chi connectivity index (χ2n) is 7.59. The number of hydrogen-bond donors (Lipinski definition) is 1. The van der Waals surface area contributed by atoms with Crippen LogP contribution in [0.15, 0.2) is 64.8 Å². The zero-order valence-electron chi connectivity index (χ0n) is 17.7. The van der Waals surface area contributed by atoms with E-state index in [1.165, 1.54) is 12.8 Å². The van der Waals surface area contributed by atoms with Gasteiger partial charge in [0.05, 0.1) is 12.3 Å². The molecule has 0 atom stereocenters. The molecule has 162 valence electrons. The normalized spacial score (nSPS) is 14.0. The fourth-order valence-electron chi connectivity index (χ4n) is 3.80. The summed E-state index contributed by atoms with van der Waals surface area (Å²) >= 11 is 1.58. The molecule has 0 saturated carbocycles. The predicted octanol–water partition coefficient (Wildman–Crippen LogP) is 6.48. The SMILES string of the molecule is CCOC(=O)c1cc2cc(/N=N/c3sc(N4CCCC4)nc3-c3ccccc3)ccc2[nH]1. The van der Waals surface area contributed by atoms with E-state index in [0.29, 0.717) is 18.0 Å². The minimum atomic E-state index is -0.363. The first kappa shape index (κ1) is 20.4. The van der Waals surface area contributed by atoms with Crippen LogP contribution in [0.4, 0.5) is 15.8 Å². The molecule has 1 aliphatic heterocycles. The molecule has 1 fully saturated rings. The van der Waals surface area contributed by atoms with Crippen LogP contribution in [0.1, 0.15) is 30.3 Å². The van der Waals surface area contributed by atoms with Crippen molar-refractivity contribution in [2.24, 2.45) is 10.2 Å². The smallest absolute Gasteiger partial charge is 0.354 e. The summed E-state index contributed by atoms with van der Waals surface area (Å²) in [5.74, 6) is -0.363. The number of thiazole rings is 1. The number of rotatable bonds is 6. The zero-order valence-corrected chi connectivity index (χ0v) is 18.6. The number of aromatic amines is 1. The Labute approximate surface area is 189 Å². The van der Waals surface area contributed by atoms with Gasteiger partial charge >= 0.3 is 5.97 Å². The number of benzene rings is 2. The van der Waals surface area contributed by atoms with Gasteiger partial charge in [-0.3, -0.25) is 0 Å². The average Bonchev–Trinajstić information content (AvgIpc) is 3.57. The molecule has 7 nitrogen and oxygen atoms in total. The highest BCUT2D eigenvalue weighted by Gasteiger charge is 2.20.